The fraction of sp³-hybridized carbons (Fsp3) is 0.222. The van der Waals surface area contributed by atoms with Gasteiger partial charge in [-0.1, -0.05) is 17.7 Å². The van der Waals surface area contributed by atoms with Crippen LogP contribution in [0.3, 0.4) is 0 Å². The van der Waals surface area contributed by atoms with Crippen LogP contribution in [0.25, 0.3) is 6.08 Å². The highest BCUT2D eigenvalue weighted by atomic mass is 35.5. The van der Waals surface area contributed by atoms with Gasteiger partial charge in [0.05, 0.1) is 17.6 Å². The van der Waals surface area contributed by atoms with Gasteiger partial charge in [-0.25, -0.2) is 0 Å². The number of amides is 2. The van der Waals surface area contributed by atoms with Crippen LogP contribution in [-0.2, 0) is 14.4 Å². The molecule has 2 rings (SSSR count). The lowest BCUT2D eigenvalue weighted by Gasteiger charge is -2.27. The van der Waals surface area contributed by atoms with Gasteiger partial charge in [-0.3, -0.25) is 19.8 Å². The predicted octanol–water partition coefficient (Wildman–Crippen LogP) is 0.680. The minimum atomic E-state index is -1.42. The number of rotatable bonds is 8. The molecule has 1 aliphatic rings. The molecule has 1 aromatic carbocycles. The van der Waals surface area contributed by atoms with E-state index in [1.165, 1.54) is 29.2 Å². The number of halogens is 1. The average molecular weight is 424 g/mol. The molecule has 0 aromatic heterocycles. The molecule has 10 heteroatoms. The summed E-state index contributed by atoms with van der Waals surface area (Å²) in [5.74, 6) is -2.48. The molecule has 148 valence electrons. The molecule has 1 fully saturated rings. The highest BCUT2D eigenvalue weighted by Crippen LogP contribution is 2.37. The van der Waals surface area contributed by atoms with Crippen molar-refractivity contribution in [3.8, 4) is 11.5 Å². The van der Waals surface area contributed by atoms with E-state index >= 15 is 0 Å². The van der Waals surface area contributed by atoms with E-state index in [1.54, 1.807) is 6.92 Å². The van der Waals surface area contributed by atoms with E-state index < -0.39 is 24.4 Å². The third-order valence-electron chi connectivity index (χ3n) is 3.47. The summed E-state index contributed by atoms with van der Waals surface area (Å²) < 4.78 is 10.5. The van der Waals surface area contributed by atoms with Crippen molar-refractivity contribution in [3.05, 3.63) is 40.9 Å². The molecular formula is C18H16ClN2O6S-. The van der Waals surface area contributed by atoms with Crippen molar-refractivity contribution in [3.63, 3.8) is 0 Å². The first-order valence-electron chi connectivity index (χ1n) is 8.07. The summed E-state index contributed by atoms with van der Waals surface area (Å²) in [6.07, 6.45) is 2.80. The van der Waals surface area contributed by atoms with Crippen molar-refractivity contribution in [1.82, 2.24) is 10.2 Å². The summed E-state index contributed by atoms with van der Waals surface area (Å²) in [5.41, 5.74) is 0.219. The fourth-order valence-electron chi connectivity index (χ4n) is 2.36. The molecule has 1 heterocycles. The monoisotopic (exact) mass is 423 g/mol. The normalized spacial score (nSPS) is 15.4. The fourth-order valence-corrected chi connectivity index (χ4v) is 2.88. The Labute approximate surface area is 171 Å². The second kappa shape index (κ2) is 9.34. The number of carbonyl (C=O) groups excluding carboxylic acids is 3. The van der Waals surface area contributed by atoms with Crippen LogP contribution in [0, 0.1) is 0 Å². The molecule has 8 nitrogen and oxygen atoms in total. The highest BCUT2D eigenvalue weighted by Gasteiger charge is 2.32. The lowest BCUT2D eigenvalue weighted by atomic mass is 10.1. The van der Waals surface area contributed by atoms with E-state index in [0.717, 1.165) is 0 Å². The molecule has 1 N–H and O–H groups in total. The smallest absolute Gasteiger partial charge is 0.265 e. The van der Waals surface area contributed by atoms with Gasteiger partial charge < -0.3 is 19.4 Å². The van der Waals surface area contributed by atoms with E-state index in [2.05, 4.69) is 11.9 Å². The number of benzene rings is 1. The van der Waals surface area contributed by atoms with Crippen LogP contribution in [-0.4, -0.2) is 47.6 Å². The molecular weight excluding hydrogens is 408 g/mol. The molecule has 0 aliphatic carbocycles. The van der Waals surface area contributed by atoms with Gasteiger partial charge >= 0.3 is 0 Å². The minimum absolute atomic E-state index is 0.00823. The number of nitrogens with one attached hydrogen (secondary N) is 1. The minimum Gasteiger partial charge on any atom is -0.546 e. The maximum absolute atomic E-state index is 12.6. The average Bonchev–Trinajstić information content (AvgIpc) is 2.61. The molecule has 2 amide bonds. The summed E-state index contributed by atoms with van der Waals surface area (Å²) in [6.45, 7) is 4.94. The van der Waals surface area contributed by atoms with Gasteiger partial charge in [-0.05, 0) is 42.9 Å². The Balaban J connectivity index is 2.44. The number of hydrogen-bond donors (Lipinski definition) is 1. The van der Waals surface area contributed by atoms with Crippen LogP contribution in [0.15, 0.2) is 30.4 Å². The van der Waals surface area contributed by atoms with Gasteiger partial charge in [0.1, 0.15) is 12.2 Å². The second-order valence-electron chi connectivity index (χ2n) is 5.45. The first-order valence-corrected chi connectivity index (χ1v) is 8.85. The number of carboxylic acids is 1. The van der Waals surface area contributed by atoms with E-state index in [-0.39, 0.29) is 40.4 Å². The Morgan fingerprint density at radius 3 is 2.71 bits per heavy atom. The quantitative estimate of drug-likeness (QED) is 0.283. The molecule has 1 aliphatic heterocycles. The lowest BCUT2D eigenvalue weighted by Crippen LogP contribution is -2.53. The molecule has 0 saturated carbocycles. The molecule has 0 spiro atoms. The Morgan fingerprint density at radius 2 is 2.11 bits per heavy atom. The molecule has 0 unspecified atom stereocenters. The van der Waals surface area contributed by atoms with Crippen LogP contribution in [0.1, 0.15) is 12.5 Å². The van der Waals surface area contributed by atoms with Crippen LogP contribution in [0.4, 0.5) is 0 Å². The third-order valence-corrected chi connectivity index (χ3v) is 4.08. The molecule has 0 bridgehead atoms. The van der Waals surface area contributed by atoms with Gasteiger partial charge in [0, 0.05) is 6.54 Å². The van der Waals surface area contributed by atoms with E-state index in [0.29, 0.717) is 5.56 Å². The Bertz CT molecular complexity index is 883. The molecule has 28 heavy (non-hydrogen) atoms. The predicted molar refractivity (Wildman–Crippen MR) is 104 cm³/mol. The zero-order chi connectivity index (χ0) is 20.8. The van der Waals surface area contributed by atoms with Crippen LogP contribution in [0.5, 0.6) is 11.5 Å². The molecule has 0 atom stereocenters. The number of nitrogens with zero attached hydrogens (tertiary/aromatic N) is 1. The third kappa shape index (κ3) is 4.87. The summed E-state index contributed by atoms with van der Waals surface area (Å²) in [6, 6.07) is 2.88. The van der Waals surface area contributed by atoms with Crippen molar-refractivity contribution in [2.24, 2.45) is 0 Å². The van der Waals surface area contributed by atoms with Gasteiger partial charge in [-0.2, -0.15) is 0 Å². The maximum atomic E-state index is 12.6. The Morgan fingerprint density at radius 1 is 1.39 bits per heavy atom. The Hall–Kier alpha value is -2.91. The van der Waals surface area contributed by atoms with Crippen molar-refractivity contribution >= 4 is 52.8 Å². The van der Waals surface area contributed by atoms with Gasteiger partial charge in [0.25, 0.3) is 11.8 Å². The van der Waals surface area contributed by atoms with Crippen molar-refractivity contribution < 1.29 is 29.0 Å². The second-order valence-corrected chi connectivity index (χ2v) is 6.24. The van der Waals surface area contributed by atoms with Crippen molar-refractivity contribution in [2.75, 3.05) is 19.8 Å². The van der Waals surface area contributed by atoms with Gasteiger partial charge in [0.15, 0.2) is 16.6 Å². The largest absolute Gasteiger partial charge is 0.546 e. The molecule has 1 saturated heterocycles. The number of hydrogen-bond acceptors (Lipinski definition) is 7. The summed E-state index contributed by atoms with van der Waals surface area (Å²) in [5, 5.41) is 13.1. The van der Waals surface area contributed by atoms with Crippen LogP contribution in [0.2, 0.25) is 5.02 Å². The topological polar surface area (TPSA) is 108 Å². The van der Waals surface area contributed by atoms with Gasteiger partial charge in [0.2, 0.25) is 0 Å². The summed E-state index contributed by atoms with van der Waals surface area (Å²) in [7, 11) is 0. The molecule has 0 radical (unpaired) electrons. The van der Waals surface area contributed by atoms with E-state index in [9.17, 15) is 19.5 Å². The number of thiocarbonyl (C=S) groups is 1. The number of ether oxygens (including phenoxy) is 2. The lowest BCUT2D eigenvalue weighted by molar-refractivity contribution is -0.307. The number of carbonyl (C=O) groups is 3. The van der Waals surface area contributed by atoms with Crippen molar-refractivity contribution in [1.29, 1.82) is 0 Å². The summed E-state index contributed by atoms with van der Waals surface area (Å²) >= 11 is 11.2. The zero-order valence-electron chi connectivity index (χ0n) is 14.8. The number of aliphatic carboxylic acids is 1. The molecule has 1 aromatic rings. The van der Waals surface area contributed by atoms with E-state index in [4.69, 9.17) is 33.3 Å². The maximum Gasteiger partial charge on any atom is 0.265 e. The highest BCUT2D eigenvalue weighted by molar-refractivity contribution is 7.80. The van der Waals surface area contributed by atoms with Crippen LogP contribution < -0.4 is 19.9 Å². The summed E-state index contributed by atoms with van der Waals surface area (Å²) in [4.78, 5) is 36.6. The van der Waals surface area contributed by atoms with Crippen molar-refractivity contribution in [2.45, 2.75) is 6.92 Å². The zero-order valence-corrected chi connectivity index (χ0v) is 16.4. The Kier molecular flexibility index (Phi) is 7.13. The van der Waals surface area contributed by atoms with E-state index in [1.807, 2.05) is 0 Å². The SMILES string of the molecule is C=CCN1C(=O)/C(=C/c2cc(Cl)c(OCC(=O)[O-])c(OCC)c2)C(=O)NC1=S. The standard InChI is InChI=1S/C18H17ClN2O6S/c1-3-5-21-17(25)11(16(24)20-18(21)28)6-10-7-12(19)15(27-9-14(22)23)13(8-10)26-4-2/h3,6-8H,1,4-5,9H2,2H3,(H,22,23)(H,20,24,28)/p-1/b11-6+. The van der Waals surface area contributed by atoms with Gasteiger partial charge in [-0.15, -0.1) is 6.58 Å². The van der Waals surface area contributed by atoms with Crippen LogP contribution >= 0.6 is 23.8 Å². The number of carboxylic acid groups (broad SMARTS) is 1. The first-order chi connectivity index (χ1) is 13.3. The first kappa shape index (κ1) is 21.4.